The molecule has 30 heavy (non-hydrogen) atoms. The molecule has 0 spiro atoms. The minimum Gasteiger partial charge on any atom is -0.484 e. The molecule has 0 aliphatic carbocycles. The predicted molar refractivity (Wildman–Crippen MR) is 119 cm³/mol. The summed E-state index contributed by atoms with van der Waals surface area (Å²) in [6.07, 6.45) is 0.617. The number of para-hydroxylation sites is 2. The molecule has 1 atom stereocenters. The molecule has 2 N–H and O–H groups in total. The molecular weight excluding hydrogens is 398 g/mol. The van der Waals surface area contributed by atoms with Gasteiger partial charge in [-0.15, -0.1) is 0 Å². The van der Waals surface area contributed by atoms with Crippen LogP contribution in [0.4, 0.5) is 0 Å². The van der Waals surface area contributed by atoms with Crippen LogP contribution in [0.25, 0.3) is 11.0 Å². The largest absolute Gasteiger partial charge is 0.484 e. The molecule has 1 aromatic heterocycles. The fraction of sp³-hybridized carbons (Fsp3) is 0.167. The van der Waals surface area contributed by atoms with E-state index in [2.05, 4.69) is 15.3 Å². The monoisotopic (exact) mass is 419 g/mol. The molecule has 6 heteroatoms. The summed E-state index contributed by atoms with van der Waals surface area (Å²) in [5, 5.41) is 3.70. The molecule has 4 aromatic rings. The lowest BCUT2D eigenvalue weighted by atomic mass is 10.1. The number of carbonyl (C=O) groups is 1. The fourth-order valence-corrected chi connectivity index (χ4v) is 3.58. The molecule has 3 aromatic carbocycles. The Labute approximate surface area is 180 Å². The highest BCUT2D eigenvalue weighted by Gasteiger charge is 2.19. The number of nitrogens with zero attached hydrogens (tertiary/aromatic N) is 1. The number of ether oxygens (including phenoxy) is 1. The third-order valence-electron chi connectivity index (χ3n) is 4.85. The number of halogens is 1. The Morgan fingerprint density at radius 2 is 1.87 bits per heavy atom. The van der Waals surface area contributed by atoms with Gasteiger partial charge < -0.3 is 15.0 Å². The van der Waals surface area contributed by atoms with Gasteiger partial charge in [0.1, 0.15) is 11.6 Å². The first-order valence-corrected chi connectivity index (χ1v) is 10.1. The summed E-state index contributed by atoms with van der Waals surface area (Å²) >= 11 is 5.98. The quantitative estimate of drug-likeness (QED) is 0.442. The molecule has 4 rings (SSSR count). The molecule has 0 fully saturated rings. The molecule has 0 saturated heterocycles. The van der Waals surface area contributed by atoms with Crippen molar-refractivity contribution in [3.63, 3.8) is 0 Å². The van der Waals surface area contributed by atoms with Gasteiger partial charge in [0.05, 0.1) is 17.1 Å². The first kappa shape index (κ1) is 20.0. The number of hydrogen-bond donors (Lipinski definition) is 2. The summed E-state index contributed by atoms with van der Waals surface area (Å²) in [5.74, 6) is 1.14. The van der Waals surface area contributed by atoms with Crippen LogP contribution in [0.15, 0.2) is 72.8 Å². The average molecular weight is 420 g/mol. The summed E-state index contributed by atoms with van der Waals surface area (Å²) in [5.41, 5.74) is 3.80. The minimum atomic E-state index is -0.304. The number of carbonyl (C=O) groups excluding carboxylic acids is 1. The van der Waals surface area contributed by atoms with Crippen molar-refractivity contribution in [3.8, 4) is 5.75 Å². The first-order valence-electron chi connectivity index (χ1n) is 9.75. The summed E-state index contributed by atoms with van der Waals surface area (Å²) < 4.78 is 5.70. The molecule has 0 aliphatic rings. The van der Waals surface area contributed by atoms with Crippen molar-refractivity contribution >= 4 is 28.5 Å². The second-order valence-electron chi connectivity index (χ2n) is 7.15. The van der Waals surface area contributed by atoms with E-state index in [0.29, 0.717) is 17.2 Å². The maximum atomic E-state index is 12.7. The Hall–Kier alpha value is -3.31. The molecular formula is C24H22ClN3O2. The van der Waals surface area contributed by atoms with Gasteiger partial charge in [-0.25, -0.2) is 4.98 Å². The van der Waals surface area contributed by atoms with Gasteiger partial charge in [0.2, 0.25) is 0 Å². The van der Waals surface area contributed by atoms with Crippen molar-refractivity contribution in [3.05, 3.63) is 94.8 Å². The minimum absolute atomic E-state index is 0.0893. The summed E-state index contributed by atoms with van der Waals surface area (Å²) in [6.45, 7) is 1.81. The number of H-pyrrole nitrogens is 1. The normalized spacial score (nSPS) is 11.9. The summed E-state index contributed by atoms with van der Waals surface area (Å²) in [4.78, 5) is 20.7. The molecule has 1 amide bonds. The molecule has 5 nitrogen and oxygen atoms in total. The average Bonchev–Trinajstić information content (AvgIpc) is 3.18. The van der Waals surface area contributed by atoms with Crippen molar-refractivity contribution < 1.29 is 9.53 Å². The first-order chi connectivity index (χ1) is 14.6. The van der Waals surface area contributed by atoms with E-state index in [0.717, 1.165) is 28.0 Å². The van der Waals surface area contributed by atoms with Gasteiger partial charge >= 0.3 is 0 Å². The predicted octanol–water partition coefficient (Wildman–Crippen LogP) is 5.00. The van der Waals surface area contributed by atoms with E-state index in [9.17, 15) is 4.79 Å². The number of aromatic amines is 1. The van der Waals surface area contributed by atoms with Gasteiger partial charge in [-0.2, -0.15) is 0 Å². The Morgan fingerprint density at radius 1 is 1.10 bits per heavy atom. The Bertz CT molecular complexity index is 1120. The number of aryl methyl sites for hydroxylation is 1. The van der Waals surface area contributed by atoms with E-state index >= 15 is 0 Å². The van der Waals surface area contributed by atoms with E-state index in [1.165, 1.54) is 0 Å². The molecule has 0 bridgehead atoms. The van der Waals surface area contributed by atoms with Gasteiger partial charge in [0.15, 0.2) is 6.61 Å². The van der Waals surface area contributed by atoms with E-state index in [1.54, 1.807) is 18.2 Å². The van der Waals surface area contributed by atoms with Gasteiger partial charge in [-0.1, -0.05) is 54.1 Å². The van der Waals surface area contributed by atoms with Gasteiger partial charge in [0.25, 0.3) is 5.91 Å². The van der Waals surface area contributed by atoms with E-state index in [4.69, 9.17) is 16.3 Å². The lowest BCUT2D eigenvalue weighted by Crippen LogP contribution is -2.34. The number of fused-ring (bicyclic) bond motifs is 1. The Balaban J connectivity index is 1.50. The number of nitrogens with one attached hydrogen (secondary N) is 2. The second-order valence-corrected chi connectivity index (χ2v) is 7.58. The topological polar surface area (TPSA) is 67.0 Å². The van der Waals surface area contributed by atoms with Crippen LogP contribution in [0.2, 0.25) is 5.02 Å². The highest BCUT2D eigenvalue weighted by Crippen LogP contribution is 2.22. The van der Waals surface area contributed by atoms with Crippen LogP contribution in [0, 0.1) is 6.92 Å². The van der Waals surface area contributed by atoms with Crippen molar-refractivity contribution in [2.24, 2.45) is 0 Å². The third-order valence-corrected chi connectivity index (χ3v) is 5.09. The zero-order valence-corrected chi connectivity index (χ0v) is 17.3. The molecule has 152 valence electrons. The van der Waals surface area contributed by atoms with Crippen molar-refractivity contribution in [1.82, 2.24) is 15.3 Å². The van der Waals surface area contributed by atoms with Crippen LogP contribution in [-0.4, -0.2) is 22.5 Å². The highest BCUT2D eigenvalue weighted by atomic mass is 35.5. The molecule has 0 saturated carbocycles. The maximum absolute atomic E-state index is 12.7. The lowest BCUT2D eigenvalue weighted by molar-refractivity contribution is -0.123. The van der Waals surface area contributed by atoms with Crippen LogP contribution in [-0.2, 0) is 11.2 Å². The zero-order chi connectivity index (χ0) is 20.9. The fourth-order valence-electron chi connectivity index (χ4n) is 3.36. The van der Waals surface area contributed by atoms with Gasteiger partial charge in [-0.05, 0) is 54.8 Å². The summed E-state index contributed by atoms with van der Waals surface area (Å²) in [7, 11) is 0. The zero-order valence-electron chi connectivity index (χ0n) is 16.6. The molecule has 0 aliphatic heterocycles. The smallest absolute Gasteiger partial charge is 0.258 e. The Morgan fingerprint density at radius 3 is 2.63 bits per heavy atom. The van der Waals surface area contributed by atoms with Crippen LogP contribution in [0.1, 0.15) is 23.0 Å². The number of aromatic nitrogens is 2. The maximum Gasteiger partial charge on any atom is 0.258 e. The van der Waals surface area contributed by atoms with E-state index < -0.39 is 0 Å². The second kappa shape index (κ2) is 9.01. The number of imidazole rings is 1. The van der Waals surface area contributed by atoms with Crippen molar-refractivity contribution in [2.45, 2.75) is 19.4 Å². The molecule has 0 radical (unpaired) electrons. The van der Waals surface area contributed by atoms with Crippen LogP contribution < -0.4 is 10.1 Å². The van der Waals surface area contributed by atoms with Gasteiger partial charge in [-0.3, -0.25) is 4.79 Å². The van der Waals surface area contributed by atoms with Crippen LogP contribution in [0.5, 0.6) is 5.75 Å². The standard InChI is InChI=1S/C24H22ClN3O2/c1-16-13-18(25)11-12-22(16)30-15-23(29)26-21(14-17-7-3-2-4-8-17)24-27-19-9-5-6-10-20(19)28-24/h2-13,21H,14-15H2,1H3,(H,26,29)(H,27,28)/t21-/m0/s1. The number of hydrogen-bond acceptors (Lipinski definition) is 3. The van der Waals surface area contributed by atoms with Crippen LogP contribution in [0.3, 0.4) is 0 Å². The summed E-state index contributed by atoms with van der Waals surface area (Å²) in [6, 6.07) is 22.9. The number of rotatable bonds is 7. The molecule has 0 unspecified atom stereocenters. The van der Waals surface area contributed by atoms with E-state index in [1.807, 2.05) is 61.5 Å². The SMILES string of the molecule is Cc1cc(Cl)ccc1OCC(=O)N[C@@H](Cc1ccccc1)c1nc2ccccc2[nH]1. The third kappa shape index (κ3) is 4.81. The van der Waals surface area contributed by atoms with Crippen LogP contribution >= 0.6 is 11.6 Å². The Kier molecular flexibility index (Phi) is 6.00. The van der Waals surface area contributed by atoms with Crippen molar-refractivity contribution in [1.29, 1.82) is 0 Å². The van der Waals surface area contributed by atoms with Crippen molar-refractivity contribution in [2.75, 3.05) is 6.61 Å². The molecule has 1 heterocycles. The number of benzene rings is 3. The number of amides is 1. The van der Waals surface area contributed by atoms with E-state index in [-0.39, 0.29) is 18.6 Å². The van der Waals surface area contributed by atoms with Gasteiger partial charge in [0, 0.05) is 5.02 Å². The highest BCUT2D eigenvalue weighted by molar-refractivity contribution is 6.30. The lowest BCUT2D eigenvalue weighted by Gasteiger charge is -2.17.